The van der Waals surface area contributed by atoms with Crippen LogP contribution in [-0.4, -0.2) is 16.3 Å². The number of aryl methyl sites for hydroxylation is 2. The Morgan fingerprint density at radius 3 is 2.25 bits per heavy atom. The fourth-order valence-electron chi connectivity index (χ4n) is 2.03. The molecular weight excluding hydrogens is 254 g/mol. The molecule has 2 aromatic rings. The van der Waals surface area contributed by atoms with E-state index in [1.165, 1.54) is 5.56 Å². The highest BCUT2D eigenvalue weighted by molar-refractivity contribution is 5.82. The molecule has 0 aliphatic rings. The van der Waals surface area contributed by atoms with Crippen LogP contribution in [0.5, 0.6) is 0 Å². The summed E-state index contributed by atoms with van der Waals surface area (Å²) < 4.78 is 0. The van der Waals surface area contributed by atoms with Crippen molar-refractivity contribution in [2.45, 2.75) is 19.4 Å². The zero-order valence-electron chi connectivity index (χ0n) is 11.0. The summed E-state index contributed by atoms with van der Waals surface area (Å²) in [6.45, 7) is 0.0587. The summed E-state index contributed by atoms with van der Waals surface area (Å²) in [5, 5.41) is 20.0. The van der Waals surface area contributed by atoms with Crippen molar-refractivity contribution >= 4 is 11.8 Å². The second-order valence-electron chi connectivity index (χ2n) is 4.61. The SMILES string of the molecule is O=C(O)Nc1cccc(CCc2ccc(CO)cc2)c1. The van der Waals surface area contributed by atoms with Crippen LogP contribution in [0, 0.1) is 0 Å². The molecule has 0 bridgehead atoms. The fraction of sp³-hybridized carbons (Fsp3) is 0.188. The molecular formula is C16H17NO3. The molecule has 1 amide bonds. The summed E-state index contributed by atoms with van der Waals surface area (Å²) >= 11 is 0. The summed E-state index contributed by atoms with van der Waals surface area (Å²) in [5.74, 6) is 0. The lowest BCUT2D eigenvalue weighted by atomic mass is 10.0. The van der Waals surface area contributed by atoms with E-state index < -0.39 is 6.09 Å². The van der Waals surface area contributed by atoms with E-state index in [4.69, 9.17) is 10.2 Å². The first-order valence-corrected chi connectivity index (χ1v) is 6.45. The minimum absolute atomic E-state index is 0.0587. The second-order valence-corrected chi connectivity index (χ2v) is 4.61. The van der Waals surface area contributed by atoms with Crippen LogP contribution in [0.1, 0.15) is 16.7 Å². The van der Waals surface area contributed by atoms with Gasteiger partial charge in [0.05, 0.1) is 6.61 Å². The molecule has 0 radical (unpaired) electrons. The van der Waals surface area contributed by atoms with E-state index in [-0.39, 0.29) is 6.61 Å². The van der Waals surface area contributed by atoms with E-state index in [2.05, 4.69) is 5.32 Å². The Bertz CT molecular complexity index is 579. The lowest BCUT2D eigenvalue weighted by molar-refractivity contribution is 0.209. The molecule has 20 heavy (non-hydrogen) atoms. The Hall–Kier alpha value is -2.33. The zero-order chi connectivity index (χ0) is 14.4. The second kappa shape index (κ2) is 6.73. The predicted octanol–water partition coefficient (Wildman–Crippen LogP) is 3.05. The third-order valence-corrected chi connectivity index (χ3v) is 3.09. The van der Waals surface area contributed by atoms with Crippen molar-refractivity contribution in [1.82, 2.24) is 0 Å². The average Bonchev–Trinajstić information content (AvgIpc) is 2.45. The molecule has 0 saturated heterocycles. The van der Waals surface area contributed by atoms with Gasteiger partial charge in [0, 0.05) is 5.69 Å². The highest BCUT2D eigenvalue weighted by Gasteiger charge is 2.01. The van der Waals surface area contributed by atoms with Gasteiger partial charge in [0.1, 0.15) is 0 Å². The van der Waals surface area contributed by atoms with Gasteiger partial charge < -0.3 is 10.2 Å². The van der Waals surface area contributed by atoms with Crippen LogP contribution in [0.4, 0.5) is 10.5 Å². The normalized spacial score (nSPS) is 10.2. The molecule has 0 unspecified atom stereocenters. The van der Waals surface area contributed by atoms with Crippen molar-refractivity contribution in [1.29, 1.82) is 0 Å². The molecule has 0 aliphatic heterocycles. The number of benzene rings is 2. The molecule has 0 saturated carbocycles. The minimum atomic E-state index is -1.05. The molecule has 2 aromatic carbocycles. The van der Waals surface area contributed by atoms with Crippen LogP contribution < -0.4 is 5.32 Å². The van der Waals surface area contributed by atoms with Crippen molar-refractivity contribution in [2.24, 2.45) is 0 Å². The smallest absolute Gasteiger partial charge is 0.409 e. The van der Waals surface area contributed by atoms with Crippen LogP contribution in [-0.2, 0) is 19.4 Å². The van der Waals surface area contributed by atoms with Gasteiger partial charge in [-0.05, 0) is 41.7 Å². The lowest BCUT2D eigenvalue weighted by Gasteiger charge is -2.06. The van der Waals surface area contributed by atoms with Crippen molar-refractivity contribution < 1.29 is 15.0 Å². The topological polar surface area (TPSA) is 69.6 Å². The first kappa shape index (κ1) is 14.1. The molecule has 4 nitrogen and oxygen atoms in total. The van der Waals surface area contributed by atoms with Crippen molar-refractivity contribution in [2.75, 3.05) is 5.32 Å². The van der Waals surface area contributed by atoms with Crippen molar-refractivity contribution in [3.8, 4) is 0 Å². The number of hydrogen-bond donors (Lipinski definition) is 3. The summed E-state index contributed by atoms with van der Waals surface area (Å²) in [6, 6.07) is 15.2. The number of nitrogens with one attached hydrogen (secondary N) is 1. The predicted molar refractivity (Wildman–Crippen MR) is 77.9 cm³/mol. The molecule has 4 heteroatoms. The maximum Gasteiger partial charge on any atom is 0.409 e. The first-order chi connectivity index (χ1) is 9.67. The largest absolute Gasteiger partial charge is 0.465 e. The van der Waals surface area contributed by atoms with Gasteiger partial charge in [-0.1, -0.05) is 36.4 Å². The number of carbonyl (C=O) groups is 1. The maximum absolute atomic E-state index is 10.6. The molecule has 104 valence electrons. The number of rotatable bonds is 5. The van der Waals surface area contributed by atoms with E-state index in [0.29, 0.717) is 5.69 Å². The summed E-state index contributed by atoms with van der Waals surface area (Å²) in [7, 11) is 0. The van der Waals surface area contributed by atoms with E-state index >= 15 is 0 Å². The number of aliphatic hydroxyl groups excluding tert-OH is 1. The van der Waals surface area contributed by atoms with E-state index in [0.717, 1.165) is 24.0 Å². The number of carboxylic acid groups (broad SMARTS) is 1. The van der Waals surface area contributed by atoms with Gasteiger partial charge in [-0.25, -0.2) is 4.79 Å². The highest BCUT2D eigenvalue weighted by Crippen LogP contribution is 2.14. The zero-order valence-corrected chi connectivity index (χ0v) is 11.0. The average molecular weight is 271 g/mol. The van der Waals surface area contributed by atoms with E-state index in [1.807, 2.05) is 42.5 Å². The number of aliphatic hydroxyl groups is 1. The Morgan fingerprint density at radius 2 is 1.60 bits per heavy atom. The summed E-state index contributed by atoms with van der Waals surface area (Å²) in [6.07, 6.45) is 0.664. The summed E-state index contributed by atoms with van der Waals surface area (Å²) in [4.78, 5) is 10.6. The van der Waals surface area contributed by atoms with Crippen molar-refractivity contribution in [3.63, 3.8) is 0 Å². The molecule has 0 heterocycles. The minimum Gasteiger partial charge on any atom is -0.465 e. The Labute approximate surface area is 117 Å². The van der Waals surface area contributed by atoms with Crippen LogP contribution in [0.25, 0.3) is 0 Å². The first-order valence-electron chi connectivity index (χ1n) is 6.45. The third-order valence-electron chi connectivity index (χ3n) is 3.09. The highest BCUT2D eigenvalue weighted by atomic mass is 16.4. The molecule has 3 N–H and O–H groups in total. The standard InChI is InChI=1S/C16H17NO3/c18-11-14-8-5-12(6-9-14)4-7-13-2-1-3-15(10-13)17-16(19)20/h1-3,5-6,8-10,17-18H,4,7,11H2,(H,19,20). The molecule has 0 fully saturated rings. The Morgan fingerprint density at radius 1 is 0.950 bits per heavy atom. The monoisotopic (exact) mass is 271 g/mol. The summed E-state index contributed by atoms with van der Waals surface area (Å²) in [5.41, 5.74) is 3.77. The van der Waals surface area contributed by atoms with Crippen LogP contribution in [0.2, 0.25) is 0 Å². The lowest BCUT2D eigenvalue weighted by Crippen LogP contribution is -2.07. The number of hydrogen-bond acceptors (Lipinski definition) is 2. The van der Waals surface area contributed by atoms with Crippen LogP contribution in [0.3, 0.4) is 0 Å². The Balaban J connectivity index is 1.97. The van der Waals surface area contributed by atoms with Gasteiger partial charge in [-0.15, -0.1) is 0 Å². The van der Waals surface area contributed by atoms with Gasteiger partial charge >= 0.3 is 6.09 Å². The van der Waals surface area contributed by atoms with Gasteiger partial charge in [-0.2, -0.15) is 0 Å². The van der Waals surface area contributed by atoms with Gasteiger partial charge in [0.15, 0.2) is 0 Å². The molecule has 0 atom stereocenters. The maximum atomic E-state index is 10.6. The van der Waals surface area contributed by atoms with E-state index in [9.17, 15) is 4.79 Å². The van der Waals surface area contributed by atoms with Crippen molar-refractivity contribution in [3.05, 3.63) is 65.2 Å². The number of anilines is 1. The molecule has 2 rings (SSSR count). The van der Waals surface area contributed by atoms with E-state index in [1.54, 1.807) is 6.07 Å². The third kappa shape index (κ3) is 4.10. The fourth-order valence-corrected chi connectivity index (χ4v) is 2.03. The molecule has 0 aromatic heterocycles. The Kier molecular flexibility index (Phi) is 4.74. The van der Waals surface area contributed by atoms with Crippen LogP contribution in [0.15, 0.2) is 48.5 Å². The van der Waals surface area contributed by atoms with Gasteiger partial charge in [0.2, 0.25) is 0 Å². The molecule has 0 spiro atoms. The quantitative estimate of drug-likeness (QED) is 0.782. The molecule has 0 aliphatic carbocycles. The number of amides is 1. The van der Waals surface area contributed by atoms with Gasteiger partial charge in [0.25, 0.3) is 0 Å². The van der Waals surface area contributed by atoms with Gasteiger partial charge in [-0.3, -0.25) is 5.32 Å². The van der Waals surface area contributed by atoms with Crippen LogP contribution >= 0.6 is 0 Å².